The molecule has 0 N–H and O–H groups in total. The average molecular weight is 300 g/mol. The monoisotopic (exact) mass is 299 g/mol. The lowest BCUT2D eigenvalue weighted by atomic mass is 10.1. The van der Waals surface area contributed by atoms with Crippen molar-refractivity contribution in [3.8, 4) is 11.8 Å². The number of nitrogens with zero attached hydrogens (tertiary/aromatic N) is 1. The molecule has 0 saturated heterocycles. The van der Waals surface area contributed by atoms with E-state index < -0.39 is 11.6 Å². The second kappa shape index (κ2) is 5.51. The summed E-state index contributed by atoms with van der Waals surface area (Å²) in [6.45, 7) is 0. The molecule has 3 aromatic rings. The van der Waals surface area contributed by atoms with E-state index in [0.717, 1.165) is 23.0 Å². The van der Waals surface area contributed by atoms with E-state index in [4.69, 9.17) is 11.6 Å². The third-order valence-corrected chi connectivity index (χ3v) is 3.40. The maximum absolute atomic E-state index is 13.5. The number of fused-ring (bicyclic) bond motifs is 1. The molecule has 0 aliphatic rings. The number of benzene rings is 2. The largest absolute Gasteiger partial charge is 0.255 e. The highest BCUT2D eigenvalue weighted by Crippen LogP contribution is 2.24. The first-order valence-electron chi connectivity index (χ1n) is 6.16. The predicted molar refractivity (Wildman–Crippen MR) is 79.1 cm³/mol. The molecule has 0 saturated carbocycles. The third kappa shape index (κ3) is 2.58. The van der Waals surface area contributed by atoms with E-state index in [9.17, 15) is 8.78 Å². The Balaban J connectivity index is 2.12. The Labute approximate surface area is 125 Å². The predicted octanol–water partition coefficient (Wildman–Crippen LogP) is 4.57. The molecule has 4 heteroatoms. The van der Waals surface area contributed by atoms with Gasteiger partial charge < -0.3 is 0 Å². The number of aromatic nitrogens is 1. The molecule has 1 aromatic heterocycles. The van der Waals surface area contributed by atoms with Crippen LogP contribution in [0, 0.1) is 23.5 Å². The Bertz CT molecular complexity index is 874. The van der Waals surface area contributed by atoms with Crippen molar-refractivity contribution in [2.75, 3.05) is 0 Å². The Morgan fingerprint density at radius 2 is 1.62 bits per heavy atom. The number of pyridine rings is 1. The quantitative estimate of drug-likeness (QED) is 0.554. The highest BCUT2D eigenvalue weighted by Gasteiger charge is 2.06. The second-order valence-corrected chi connectivity index (χ2v) is 4.73. The molecule has 0 unspecified atom stereocenters. The zero-order valence-corrected chi connectivity index (χ0v) is 11.5. The number of hydrogen-bond donors (Lipinski definition) is 0. The van der Waals surface area contributed by atoms with Crippen molar-refractivity contribution in [1.29, 1.82) is 0 Å². The topological polar surface area (TPSA) is 12.9 Å². The summed E-state index contributed by atoms with van der Waals surface area (Å²) >= 11 is 6.26. The molecule has 0 aliphatic carbocycles. The zero-order chi connectivity index (χ0) is 14.8. The Hall–Kier alpha value is -2.44. The lowest BCUT2D eigenvalue weighted by Gasteiger charge is -2.01. The number of para-hydroxylation sites is 1. The first-order valence-corrected chi connectivity index (χ1v) is 6.54. The van der Waals surface area contributed by atoms with Crippen molar-refractivity contribution in [2.24, 2.45) is 0 Å². The van der Waals surface area contributed by atoms with Crippen LogP contribution in [0.25, 0.3) is 10.9 Å². The Morgan fingerprint density at radius 3 is 2.38 bits per heavy atom. The van der Waals surface area contributed by atoms with E-state index >= 15 is 0 Å². The van der Waals surface area contributed by atoms with Gasteiger partial charge in [-0.05, 0) is 18.2 Å². The number of rotatable bonds is 0. The summed E-state index contributed by atoms with van der Waals surface area (Å²) in [5, 5.41) is 1.17. The van der Waals surface area contributed by atoms with E-state index in [1.54, 1.807) is 0 Å². The highest BCUT2D eigenvalue weighted by atomic mass is 35.5. The van der Waals surface area contributed by atoms with Crippen LogP contribution >= 0.6 is 11.6 Å². The van der Waals surface area contributed by atoms with Crippen molar-refractivity contribution >= 4 is 22.5 Å². The van der Waals surface area contributed by atoms with E-state index in [1.807, 2.05) is 24.3 Å². The van der Waals surface area contributed by atoms with Crippen molar-refractivity contribution < 1.29 is 8.78 Å². The molecular weight excluding hydrogens is 292 g/mol. The second-order valence-electron chi connectivity index (χ2n) is 4.35. The zero-order valence-electron chi connectivity index (χ0n) is 10.7. The first-order chi connectivity index (χ1) is 10.2. The number of hydrogen-bond acceptors (Lipinski definition) is 1. The molecule has 102 valence electrons. The maximum Gasteiger partial charge on any atom is 0.141 e. The normalized spacial score (nSPS) is 10.2. The van der Waals surface area contributed by atoms with Gasteiger partial charge in [-0.25, -0.2) is 8.78 Å². The fourth-order valence-corrected chi connectivity index (χ4v) is 2.20. The SMILES string of the molecule is Fc1cccc(F)c1C#Cc1cnc2ccccc2c1Cl. The fraction of sp³-hybridized carbons (Fsp3) is 0. The van der Waals surface area contributed by atoms with E-state index in [1.165, 1.54) is 12.3 Å². The molecule has 1 nitrogen and oxygen atoms in total. The maximum atomic E-state index is 13.5. The van der Waals surface area contributed by atoms with E-state index in [0.29, 0.717) is 10.6 Å². The van der Waals surface area contributed by atoms with Gasteiger partial charge in [-0.3, -0.25) is 4.98 Å². The minimum absolute atomic E-state index is 0.276. The first kappa shape index (κ1) is 13.5. The molecule has 0 atom stereocenters. The summed E-state index contributed by atoms with van der Waals surface area (Å²) in [5.41, 5.74) is 0.893. The molecule has 21 heavy (non-hydrogen) atoms. The molecule has 2 aromatic carbocycles. The molecular formula is C17H8ClF2N. The van der Waals surface area contributed by atoms with Crippen molar-refractivity contribution in [2.45, 2.75) is 0 Å². The standard InChI is InChI=1S/C17H8ClF2N/c18-17-11(10-21-16-7-2-1-4-13(16)17)8-9-12-14(19)5-3-6-15(12)20/h1-7,10H. The van der Waals surface area contributed by atoms with Gasteiger partial charge >= 0.3 is 0 Å². The van der Waals surface area contributed by atoms with Gasteiger partial charge in [-0.2, -0.15) is 0 Å². The minimum Gasteiger partial charge on any atom is -0.255 e. The molecule has 1 heterocycles. The van der Waals surface area contributed by atoms with Gasteiger partial charge in [-0.1, -0.05) is 47.7 Å². The average Bonchev–Trinajstić information content (AvgIpc) is 2.49. The summed E-state index contributed by atoms with van der Waals surface area (Å²) in [4.78, 5) is 4.22. The van der Waals surface area contributed by atoms with Gasteiger partial charge in [0.25, 0.3) is 0 Å². The summed E-state index contributed by atoms with van der Waals surface area (Å²) in [5.74, 6) is 3.75. The van der Waals surface area contributed by atoms with Crippen LogP contribution in [-0.4, -0.2) is 4.98 Å². The molecule has 0 bridgehead atoms. The minimum atomic E-state index is -0.702. The van der Waals surface area contributed by atoms with Gasteiger partial charge in [-0.15, -0.1) is 0 Å². The summed E-state index contributed by atoms with van der Waals surface area (Å²) in [7, 11) is 0. The molecule has 0 amide bonds. The summed E-state index contributed by atoms with van der Waals surface area (Å²) in [6, 6.07) is 10.9. The van der Waals surface area contributed by atoms with Crippen LogP contribution in [0.2, 0.25) is 5.02 Å². The smallest absolute Gasteiger partial charge is 0.141 e. The van der Waals surface area contributed by atoms with Gasteiger partial charge in [0.15, 0.2) is 0 Å². The van der Waals surface area contributed by atoms with Gasteiger partial charge in [0.05, 0.1) is 21.7 Å². The molecule has 0 fully saturated rings. The van der Waals surface area contributed by atoms with E-state index in [-0.39, 0.29) is 5.56 Å². The Kier molecular flexibility index (Phi) is 3.55. The fourth-order valence-electron chi connectivity index (χ4n) is 1.94. The van der Waals surface area contributed by atoms with Crippen LogP contribution in [0.4, 0.5) is 8.78 Å². The van der Waals surface area contributed by atoms with Crippen LogP contribution in [0.5, 0.6) is 0 Å². The van der Waals surface area contributed by atoms with Gasteiger partial charge in [0, 0.05) is 11.6 Å². The van der Waals surface area contributed by atoms with Crippen LogP contribution < -0.4 is 0 Å². The summed E-state index contributed by atoms with van der Waals surface area (Å²) < 4.78 is 27.0. The van der Waals surface area contributed by atoms with Crippen LogP contribution in [0.3, 0.4) is 0 Å². The van der Waals surface area contributed by atoms with E-state index in [2.05, 4.69) is 16.8 Å². The van der Waals surface area contributed by atoms with Crippen LogP contribution in [0.15, 0.2) is 48.7 Å². The van der Waals surface area contributed by atoms with Crippen molar-refractivity contribution in [3.05, 3.63) is 76.4 Å². The molecule has 0 radical (unpaired) electrons. The van der Waals surface area contributed by atoms with Crippen molar-refractivity contribution in [1.82, 2.24) is 4.98 Å². The van der Waals surface area contributed by atoms with Gasteiger partial charge in [0.2, 0.25) is 0 Å². The lowest BCUT2D eigenvalue weighted by Crippen LogP contribution is -1.90. The summed E-state index contributed by atoms with van der Waals surface area (Å²) in [6.07, 6.45) is 1.50. The molecule has 3 rings (SSSR count). The highest BCUT2D eigenvalue weighted by molar-refractivity contribution is 6.36. The lowest BCUT2D eigenvalue weighted by molar-refractivity contribution is 0.577. The van der Waals surface area contributed by atoms with Crippen LogP contribution in [-0.2, 0) is 0 Å². The van der Waals surface area contributed by atoms with Crippen LogP contribution in [0.1, 0.15) is 11.1 Å². The van der Waals surface area contributed by atoms with Crippen molar-refractivity contribution in [3.63, 3.8) is 0 Å². The molecule has 0 aliphatic heterocycles. The van der Waals surface area contributed by atoms with Gasteiger partial charge in [0.1, 0.15) is 11.6 Å². The number of halogens is 3. The third-order valence-electron chi connectivity index (χ3n) is 2.99. The Morgan fingerprint density at radius 1 is 0.905 bits per heavy atom. The molecule has 0 spiro atoms.